The maximum Gasteiger partial charge on any atom is 0.353 e. The van der Waals surface area contributed by atoms with Crippen LogP contribution in [0, 0.1) is 5.82 Å². The van der Waals surface area contributed by atoms with Gasteiger partial charge in [0.15, 0.2) is 0 Å². The molecule has 0 atom stereocenters. The lowest BCUT2D eigenvalue weighted by Crippen LogP contribution is -2.59. The third-order valence-corrected chi connectivity index (χ3v) is 4.33. The summed E-state index contributed by atoms with van der Waals surface area (Å²) >= 11 is 12.2. The van der Waals surface area contributed by atoms with E-state index in [0.717, 1.165) is 0 Å². The highest BCUT2D eigenvalue weighted by molar-refractivity contribution is 6.36. The van der Waals surface area contributed by atoms with Gasteiger partial charge in [0, 0.05) is 30.2 Å². The number of carbonyl (C=O) groups is 1. The highest BCUT2D eigenvalue weighted by Crippen LogP contribution is 2.30. The van der Waals surface area contributed by atoms with Crippen LogP contribution in [0.2, 0.25) is 10.0 Å². The first-order valence-electron chi connectivity index (χ1n) is 7.08. The summed E-state index contributed by atoms with van der Waals surface area (Å²) in [5.41, 5.74) is 10.6. The fraction of sp³-hybridized carbons (Fsp3) is 0.267. The molecule has 0 radical (unpaired) electrons. The number of hydrogen-bond donors (Lipinski definition) is 3. The standard InChI is InChI=1S/C15H17Cl2FN4O2/c1-24-15(23)11(19)6-12-14(20)21-4-5-22(12)7-8-9(16)2-3-10(18)13(8)17/h2-3,6,21H,4-5,7,19-20H2,1H3/p+1. The van der Waals surface area contributed by atoms with Crippen LogP contribution in [0.5, 0.6) is 0 Å². The number of benzene rings is 1. The highest BCUT2D eigenvalue weighted by Gasteiger charge is 2.23. The van der Waals surface area contributed by atoms with Gasteiger partial charge in [-0.15, -0.1) is 0 Å². The summed E-state index contributed by atoms with van der Waals surface area (Å²) in [5, 5.41) is 3.41. The van der Waals surface area contributed by atoms with E-state index in [1.807, 2.05) is 4.90 Å². The number of ether oxygens (including phenoxy) is 1. The molecule has 2 rings (SSSR count). The van der Waals surface area contributed by atoms with Crippen molar-refractivity contribution in [2.45, 2.75) is 6.54 Å². The molecular formula is C15H18Cl2FN4O2+. The van der Waals surface area contributed by atoms with Crippen molar-refractivity contribution in [3.8, 4) is 0 Å². The van der Waals surface area contributed by atoms with E-state index in [0.29, 0.717) is 35.2 Å². The van der Waals surface area contributed by atoms with Crippen molar-refractivity contribution in [1.29, 1.82) is 0 Å². The molecule has 0 aromatic heterocycles. The predicted molar refractivity (Wildman–Crippen MR) is 89.0 cm³/mol. The largest absolute Gasteiger partial charge is 0.464 e. The maximum atomic E-state index is 13.7. The van der Waals surface area contributed by atoms with Crippen molar-refractivity contribution < 1.29 is 19.7 Å². The lowest BCUT2D eigenvalue weighted by Gasteiger charge is -2.30. The van der Waals surface area contributed by atoms with Crippen molar-refractivity contribution >= 4 is 29.2 Å². The van der Waals surface area contributed by atoms with Crippen LogP contribution in [0.1, 0.15) is 5.56 Å². The van der Waals surface area contributed by atoms with Crippen molar-refractivity contribution in [2.75, 3.05) is 20.2 Å². The average molecular weight is 376 g/mol. The molecule has 130 valence electrons. The Morgan fingerprint density at radius 1 is 1.54 bits per heavy atom. The number of nitrogens with two attached hydrogens (primary N) is 1. The molecule has 1 aliphatic heterocycles. The van der Waals surface area contributed by atoms with Gasteiger partial charge < -0.3 is 26.4 Å². The van der Waals surface area contributed by atoms with E-state index >= 15 is 0 Å². The van der Waals surface area contributed by atoms with E-state index < -0.39 is 11.8 Å². The molecule has 0 saturated carbocycles. The Balaban J connectivity index is 2.37. The molecule has 0 saturated heterocycles. The van der Waals surface area contributed by atoms with E-state index in [1.165, 1.54) is 25.3 Å². The van der Waals surface area contributed by atoms with Gasteiger partial charge in [-0.05, 0) is 18.2 Å². The smallest absolute Gasteiger partial charge is 0.353 e. The summed E-state index contributed by atoms with van der Waals surface area (Å²) in [7, 11) is 1.24. The third-order valence-electron chi connectivity index (χ3n) is 3.57. The Hall–Kier alpha value is -1.96. The van der Waals surface area contributed by atoms with Gasteiger partial charge in [0.25, 0.3) is 0 Å². The van der Waals surface area contributed by atoms with Gasteiger partial charge in [0.05, 0.1) is 12.1 Å². The Kier molecular flexibility index (Phi) is 5.93. The Bertz CT molecular complexity index is 722. The minimum atomic E-state index is -0.650. The molecule has 0 spiro atoms. The lowest BCUT2D eigenvalue weighted by molar-refractivity contribution is -0.316. The predicted octanol–water partition coefficient (Wildman–Crippen LogP) is 0.964. The van der Waals surface area contributed by atoms with Gasteiger partial charge in [-0.25, -0.2) is 9.18 Å². The molecule has 1 aromatic rings. The molecule has 24 heavy (non-hydrogen) atoms. The van der Waals surface area contributed by atoms with Gasteiger partial charge in [0.2, 0.25) is 5.82 Å². The van der Waals surface area contributed by atoms with Crippen LogP contribution in [0.25, 0.3) is 0 Å². The average Bonchev–Trinajstić information content (AvgIpc) is 2.57. The SMILES string of the molecule is COC(=O)C(N)=CC1=C([NH3+])NCCN1Cc1c(Cl)ccc(F)c1Cl. The second-order valence-corrected chi connectivity index (χ2v) is 5.91. The van der Waals surface area contributed by atoms with Crippen molar-refractivity contribution in [1.82, 2.24) is 10.2 Å². The highest BCUT2D eigenvalue weighted by atomic mass is 35.5. The summed E-state index contributed by atoms with van der Waals surface area (Å²) < 4.78 is 18.3. The number of hydrogen-bond acceptors (Lipinski definition) is 5. The van der Waals surface area contributed by atoms with Gasteiger partial charge in [-0.1, -0.05) is 23.2 Å². The fourth-order valence-electron chi connectivity index (χ4n) is 2.32. The van der Waals surface area contributed by atoms with Gasteiger partial charge in [-0.3, -0.25) is 0 Å². The normalized spacial score (nSPS) is 15.4. The van der Waals surface area contributed by atoms with Gasteiger partial charge in [0.1, 0.15) is 17.2 Å². The quantitative estimate of drug-likeness (QED) is 0.414. The fourth-order valence-corrected chi connectivity index (χ4v) is 2.81. The molecule has 6 N–H and O–H groups in total. The molecule has 6 nitrogen and oxygen atoms in total. The number of halogens is 3. The molecule has 0 bridgehead atoms. The molecule has 1 heterocycles. The van der Waals surface area contributed by atoms with E-state index in [-0.39, 0.29) is 17.3 Å². The Labute approximate surface area is 148 Å². The van der Waals surface area contributed by atoms with E-state index in [9.17, 15) is 9.18 Å². The molecule has 0 fully saturated rings. The van der Waals surface area contributed by atoms with Crippen molar-refractivity contribution in [3.05, 3.63) is 56.8 Å². The number of methoxy groups -OCH3 is 1. The van der Waals surface area contributed by atoms with E-state index in [4.69, 9.17) is 28.9 Å². The number of quaternary nitrogens is 1. The summed E-state index contributed by atoms with van der Waals surface area (Å²) in [4.78, 5) is 13.4. The summed E-state index contributed by atoms with van der Waals surface area (Å²) in [6.45, 7) is 1.44. The zero-order valence-corrected chi connectivity index (χ0v) is 14.5. The number of allylic oxidation sites excluding steroid dienone is 1. The van der Waals surface area contributed by atoms with Crippen LogP contribution in [-0.4, -0.2) is 31.1 Å². The minimum absolute atomic E-state index is 0.0316. The minimum Gasteiger partial charge on any atom is -0.464 e. The molecular weight excluding hydrogens is 358 g/mol. The van der Waals surface area contributed by atoms with Crippen LogP contribution < -0.4 is 16.8 Å². The number of rotatable bonds is 4. The number of esters is 1. The molecule has 0 unspecified atom stereocenters. The zero-order chi connectivity index (χ0) is 17.9. The number of nitrogens with zero attached hydrogens (tertiary/aromatic N) is 1. The summed E-state index contributed by atoms with van der Waals surface area (Å²) in [6.07, 6.45) is 1.46. The molecule has 0 aliphatic carbocycles. The second kappa shape index (κ2) is 7.74. The van der Waals surface area contributed by atoms with E-state index in [1.54, 1.807) is 0 Å². The first kappa shape index (κ1) is 18.4. The van der Waals surface area contributed by atoms with Crippen LogP contribution in [0.15, 0.2) is 35.4 Å². The second-order valence-electron chi connectivity index (χ2n) is 5.13. The monoisotopic (exact) mass is 375 g/mol. The first-order valence-corrected chi connectivity index (χ1v) is 7.83. The van der Waals surface area contributed by atoms with Gasteiger partial charge in [-0.2, -0.15) is 0 Å². The van der Waals surface area contributed by atoms with Crippen molar-refractivity contribution in [2.24, 2.45) is 5.73 Å². The number of nitrogens with one attached hydrogen (secondary N) is 1. The topological polar surface area (TPSA) is 95.2 Å². The molecule has 9 heteroatoms. The lowest BCUT2D eigenvalue weighted by atomic mass is 10.1. The van der Waals surface area contributed by atoms with Gasteiger partial charge >= 0.3 is 5.97 Å². The zero-order valence-electron chi connectivity index (χ0n) is 13.0. The van der Waals surface area contributed by atoms with Crippen LogP contribution in [-0.2, 0) is 16.1 Å². The Morgan fingerprint density at radius 3 is 2.92 bits per heavy atom. The van der Waals surface area contributed by atoms with Crippen LogP contribution in [0.3, 0.4) is 0 Å². The van der Waals surface area contributed by atoms with Crippen molar-refractivity contribution in [3.63, 3.8) is 0 Å². The summed E-state index contributed by atoms with van der Waals surface area (Å²) in [6, 6.07) is 2.66. The molecule has 1 aliphatic rings. The van der Waals surface area contributed by atoms with Crippen LogP contribution in [0.4, 0.5) is 4.39 Å². The van der Waals surface area contributed by atoms with Crippen LogP contribution >= 0.6 is 23.2 Å². The van der Waals surface area contributed by atoms with E-state index in [2.05, 4.69) is 15.8 Å². The first-order chi connectivity index (χ1) is 11.3. The third kappa shape index (κ3) is 3.92. The molecule has 1 aromatic carbocycles. The number of carbonyl (C=O) groups excluding carboxylic acids is 1. The maximum absolute atomic E-state index is 13.7. The summed E-state index contributed by atoms with van der Waals surface area (Å²) in [5.74, 6) is -0.615. The Morgan fingerprint density at radius 2 is 2.25 bits per heavy atom. The molecule has 0 amide bonds.